The number of imidazole rings is 1. The van der Waals surface area contributed by atoms with Gasteiger partial charge in [0.15, 0.2) is 11.4 Å². The molecule has 3 heterocycles. The lowest BCUT2D eigenvalue weighted by Crippen LogP contribution is -2.32. The molecule has 7 heteroatoms. The summed E-state index contributed by atoms with van der Waals surface area (Å²) in [5, 5.41) is 9.08. The van der Waals surface area contributed by atoms with Crippen molar-refractivity contribution in [2.75, 3.05) is 6.54 Å². The predicted octanol–water partition coefficient (Wildman–Crippen LogP) is 1.48. The van der Waals surface area contributed by atoms with Gasteiger partial charge in [0.1, 0.15) is 0 Å². The maximum absolute atomic E-state index is 12.6. The van der Waals surface area contributed by atoms with Gasteiger partial charge in [0, 0.05) is 18.9 Å². The first-order chi connectivity index (χ1) is 10.2. The van der Waals surface area contributed by atoms with Crippen LogP contribution in [0.5, 0.6) is 0 Å². The van der Waals surface area contributed by atoms with E-state index in [1.807, 2.05) is 12.1 Å². The molecule has 7 nitrogen and oxygen atoms in total. The van der Waals surface area contributed by atoms with Crippen molar-refractivity contribution in [1.82, 2.24) is 19.9 Å². The lowest BCUT2D eigenvalue weighted by atomic mass is 10.1. The first kappa shape index (κ1) is 13.3. The Morgan fingerprint density at radius 1 is 1.33 bits per heavy atom. The van der Waals surface area contributed by atoms with Gasteiger partial charge >= 0.3 is 5.97 Å². The van der Waals surface area contributed by atoms with E-state index in [0.717, 1.165) is 18.4 Å². The first-order valence-electron chi connectivity index (χ1n) is 6.66. The molecule has 2 aromatic rings. The Bertz CT molecular complexity index is 668. The zero-order valence-corrected chi connectivity index (χ0v) is 11.2. The highest BCUT2D eigenvalue weighted by Gasteiger charge is 2.33. The molecule has 1 amide bonds. The third-order valence-electron chi connectivity index (χ3n) is 3.66. The van der Waals surface area contributed by atoms with Gasteiger partial charge < -0.3 is 15.0 Å². The van der Waals surface area contributed by atoms with E-state index in [9.17, 15) is 9.59 Å². The van der Waals surface area contributed by atoms with E-state index in [2.05, 4.69) is 15.0 Å². The minimum atomic E-state index is -1.18. The van der Waals surface area contributed by atoms with E-state index in [-0.39, 0.29) is 23.3 Å². The highest BCUT2D eigenvalue weighted by molar-refractivity contribution is 6.02. The van der Waals surface area contributed by atoms with Gasteiger partial charge in [-0.15, -0.1) is 0 Å². The largest absolute Gasteiger partial charge is 0.477 e. The molecule has 2 aromatic heterocycles. The number of carboxylic acids is 1. The quantitative estimate of drug-likeness (QED) is 0.890. The Kier molecular flexibility index (Phi) is 3.39. The van der Waals surface area contributed by atoms with Crippen LogP contribution in [0.2, 0.25) is 0 Å². The van der Waals surface area contributed by atoms with E-state index in [0.29, 0.717) is 6.54 Å². The number of nitrogens with one attached hydrogen (secondary N) is 1. The maximum Gasteiger partial charge on any atom is 0.354 e. The fourth-order valence-electron chi connectivity index (χ4n) is 2.70. The third kappa shape index (κ3) is 2.37. The summed E-state index contributed by atoms with van der Waals surface area (Å²) in [7, 11) is 0. The van der Waals surface area contributed by atoms with Crippen molar-refractivity contribution in [3.05, 3.63) is 47.8 Å². The number of aromatic carboxylic acids is 1. The van der Waals surface area contributed by atoms with Crippen molar-refractivity contribution in [1.29, 1.82) is 0 Å². The van der Waals surface area contributed by atoms with Crippen LogP contribution < -0.4 is 0 Å². The molecule has 2 N–H and O–H groups in total. The maximum atomic E-state index is 12.6. The molecule has 1 aliphatic rings. The van der Waals surface area contributed by atoms with Crippen molar-refractivity contribution in [2.45, 2.75) is 18.9 Å². The first-order valence-corrected chi connectivity index (χ1v) is 6.66. The standard InChI is InChI=1S/C14H14N4O3/c19-13(11-12(14(20)21)17-8-16-11)18-7-1-2-10(18)9-3-5-15-6-4-9/h3-6,8,10H,1-2,7H2,(H,16,17)(H,20,21). The number of carbonyl (C=O) groups is 2. The van der Waals surface area contributed by atoms with Crippen LogP contribution >= 0.6 is 0 Å². The molecule has 1 atom stereocenters. The number of nitrogens with zero attached hydrogens (tertiary/aromatic N) is 3. The van der Waals surface area contributed by atoms with Gasteiger partial charge in [-0.1, -0.05) is 0 Å². The molecule has 1 unspecified atom stereocenters. The van der Waals surface area contributed by atoms with Crippen LogP contribution in [0.4, 0.5) is 0 Å². The van der Waals surface area contributed by atoms with Crippen LogP contribution in [0.3, 0.4) is 0 Å². The Morgan fingerprint density at radius 3 is 2.81 bits per heavy atom. The van der Waals surface area contributed by atoms with Crippen LogP contribution in [0.15, 0.2) is 30.9 Å². The molecule has 0 saturated carbocycles. The lowest BCUT2D eigenvalue weighted by molar-refractivity contribution is 0.0663. The Labute approximate surface area is 120 Å². The molecule has 0 aliphatic carbocycles. The van der Waals surface area contributed by atoms with E-state index in [1.165, 1.54) is 6.33 Å². The summed E-state index contributed by atoms with van der Waals surface area (Å²) in [5.74, 6) is -1.54. The molecule has 0 radical (unpaired) electrons. The summed E-state index contributed by atoms with van der Waals surface area (Å²) in [5.41, 5.74) is 0.798. The zero-order valence-electron chi connectivity index (χ0n) is 11.2. The summed E-state index contributed by atoms with van der Waals surface area (Å²) in [4.78, 5) is 35.7. The van der Waals surface area contributed by atoms with Gasteiger partial charge in [0.25, 0.3) is 5.91 Å². The fourth-order valence-corrected chi connectivity index (χ4v) is 2.70. The second kappa shape index (κ2) is 5.35. The monoisotopic (exact) mass is 286 g/mol. The van der Waals surface area contributed by atoms with Crippen LogP contribution in [-0.4, -0.2) is 43.4 Å². The summed E-state index contributed by atoms with van der Waals surface area (Å²) in [6.07, 6.45) is 6.34. The number of carbonyl (C=O) groups excluding carboxylic acids is 1. The van der Waals surface area contributed by atoms with Crippen LogP contribution in [0.1, 0.15) is 45.4 Å². The second-order valence-corrected chi connectivity index (χ2v) is 4.87. The number of likely N-dealkylation sites (tertiary alicyclic amines) is 1. The van der Waals surface area contributed by atoms with Crippen molar-refractivity contribution in [2.24, 2.45) is 0 Å². The van der Waals surface area contributed by atoms with Crippen LogP contribution in [0, 0.1) is 0 Å². The number of hydrogen-bond acceptors (Lipinski definition) is 4. The molecule has 108 valence electrons. The number of aromatic nitrogens is 3. The molecular weight excluding hydrogens is 272 g/mol. The third-order valence-corrected chi connectivity index (χ3v) is 3.66. The van der Waals surface area contributed by atoms with E-state index in [4.69, 9.17) is 5.11 Å². The number of H-pyrrole nitrogens is 1. The molecule has 0 bridgehead atoms. The lowest BCUT2D eigenvalue weighted by Gasteiger charge is -2.24. The highest BCUT2D eigenvalue weighted by atomic mass is 16.4. The van der Waals surface area contributed by atoms with Gasteiger partial charge in [0.05, 0.1) is 12.4 Å². The molecule has 1 saturated heterocycles. The molecule has 1 fully saturated rings. The van der Waals surface area contributed by atoms with Crippen molar-refractivity contribution in [3.63, 3.8) is 0 Å². The zero-order chi connectivity index (χ0) is 14.8. The number of carboxylic acid groups (broad SMARTS) is 1. The molecule has 0 aromatic carbocycles. The van der Waals surface area contributed by atoms with Crippen LogP contribution in [0.25, 0.3) is 0 Å². The van der Waals surface area contributed by atoms with Gasteiger partial charge in [0.2, 0.25) is 0 Å². The minimum Gasteiger partial charge on any atom is -0.477 e. The van der Waals surface area contributed by atoms with Gasteiger partial charge in [-0.2, -0.15) is 0 Å². The SMILES string of the molecule is O=C(O)c1[nH]cnc1C(=O)N1CCCC1c1ccncc1. The van der Waals surface area contributed by atoms with Crippen molar-refractivity contribution >= 4 is 11.9 Å². The number of pyridine rings is 1. The number of aromatic amines is 1. The van der Waals surface area contributed by atoms with Crippen LogP contribution in [-0.2, 0) is 0 Å². The molecule has 21 heavy (non-hydrogen) atoms. The molecule has 0 spiro atoms. The second-order valence-electron chi connectivity index (χ2n) is 4.87. The summed E-state index contributed by atoms with van der Waals surface area (Å²) in [6, 6.07) is 3.69. The Balaban J connectivity index is 1.90. The summed E-state index contributed by atoms with van der Waals surface area (Å²) >= 11 is 0. The summed E-state index contributed by atoms with van der Waals surface area (Å²) < 4.78 is 0. The average Bonchev–Trinajstić information content (AvgIpc) is 3.16. The minimum absolute atomic E-state index is 0.0385. The van der Waals surface area contributed by atoms with Gasteiger partial charge in [-0.25, -0.2) is 9.78 Å². The van der Waals surface area contributed by atoms with E-state index in [1.54, 1.807) is 17.3 Å². The topological polar surface area (TPSA) is 99.2 Å². The van der Waals surface area contributed by atoms with Gasteiger partial charge in [-0.05, 0) is 30.5 Å². The molecule has 3 rings (SSSR count). The van der Waals surface area contributed by atoms with Crippen molar-refractivity contribution < 1.29 is 14.7 Å². The molecule has 1 aliphatic heterocycles. The van der Waals surface area contributed by atoms with E-state index < -0.39 is 5.97 Å². The predicted molar refractivity (Wildman–Crippen MR) is 72.8 cm³/mol. The fraction of sp³-hybridized carbons (Fsp3) is 0.286. The Morgan fingerprint density at radius 2 is 2.10 bits per heavy atom. The number of amides is 1. The smallest absolute Gasteiger partial charge is 0.354 e. The Hall–Kier alpha value is -2.70. The van der Waals surface area contributed by atoms with Crippen molar-refractivity contribution in [3.8, 4) is 0 Å². The normalized spacial score (nSPS) is 17.9. The molecular formula is C14H14N4O3. The van der Waals surface area contributed by atoms with Gasteiger partial charge in [-0.3, -0.25) is 9.78 Å². The summed E-state index contributed by atoms with van der Waals surface area (Å²) in [6.45, 7) is 0.595. The van der Waals surface area contributed by atoms with E-state index >= 15 is 0 Å². The highest BCUT2D eigenvalue weighted by Crippen LogP contribution is 2.32. The number of hydrogen-bond donors (Lipinski definition) is 2. The average molecular weight is 286 g/mol. The number of rotatable bonds is 3.